The SMILES string of the molecule is COCCOC(=O)c1cc(C)cc(N)c1N. The molecule has 0 atom stereocenters. The number of nitrogens with two attached hydrogens (primary N) is 2. The van der Waals surface area contributed by atoms with Gasteiger partial charge in [-0.2, -0.15) is 0 Å². The summed E-state index contributed by atoms with van der Waals surface area (Å²) >= 11 is 0. The van der Waals surface area contributed by atoms with Crippen molar-refractivity contribution in [2.45, 2.75) is 6.92 Å². The van der Waals surface area contributed by atoms with E-state index < -0.39 is 5.97 Å². The van der Waals surface area contributed by atoms with Gasteiger partial charge in [-0.3, -0.25) is 0 Å². The van der Waals surface area contributed by atoms with E-state index in [9.17, 15) is 4.79 Å². The summed E-state index contributed by atoms with van der Waals surface area (Å²) in [6, 6.07) is 3.36. The van der Waals surface area contributed by atoms with Crippen molar-refractivity contribution in [2.24, 2.45) is 0 Å². The van der Waals surface area contributed by atoms with Crippen molar-refractivity contribution < 1.29 is 14.3 Å². The summed E-state index contributed by atoms with van der Waals surface area (Å²) in [5.41, 5.74) is 13.2. The van der Waals surface area contributed by atoms with Crippen LogP contribution < -0.4 is 11.5 Å². The van der Waals surface area contributed by atoms with Crippen molar-refractivity contribution in [3.63, 3.8) is 0 Å². The molecule has 0 aliphatic rings. The van der Waals surface area contributed by atoms with Gasteiger partial charge in [-0.1, -0.05) is 0 Å². The molecule has 88 valence electrons. The smallest absolute Gasteiger partial charge is 0.340 e. The number of hydrogen-bond acceptors (Lipinski definition) is 5. The third kappa shape index (κ3) is 2.87. The lowest BCUT2D eigenvalue weighted by molar-refractivity contribution is 0.0389. The van der Waals surface area contributed by atoms with Crippen molar-refractivity contribution in [2.75, 3.05) is 31.8 Å². The largest absolute Gasteiger partial charge is 0.460 e. The fourth-order valence-corrected chi connectivity index (χ4v) is 1.29. The van der Waals surface area contributed by atoms with Crippen LogP contribution in [-0.2, 0) is 9.47 Å². The van der Waals surface area contributed by atoms with E-state index in [0.717, 1.165) is 5.56 Å². The fraction of sp³-hybridized carbons (Fsp3) is 0.364. The Morgan fingerprint density at radius 1 is 1.31 bits per heavy atom. The fourth-order valence-electron chi connectivity index (χ4n) is 1.29. The van der Waals surface area contributed by atoms with Crippen molar-refractivity contribution >= 4 is 17.3 Å². The zero-order valence-electron chi connectivity index (χ0n) is 9.45. The van der Waals surface area contributed by atoms with E-state index in [-0.39, 0.29) is 12.3 Å². The molecule has 16 heavy (non-hydrogen) atoms. The average Bonchev–Trinajstić information content (AvgIpc) is 2.23. The van der Waals surface area contributed by atoms with Crippen LogP contribution in [-0.4, -0.2) is 26.3 Å². The van der Waals surface area contributed by atoms with Crippen molar-refractivity contribution in [1.29, 1.82) is 0 Å². The number of ether oxygens (including phenoxy) is 2. The van der Waals surface area contributed by atoms with Crippen molar-refractivity contribution in [3.8, 4) is 0 Å². The van der Waals surface area contributed by atoms with E-state index >= 15 is 0 Å². The van der Waals surface area contributed by atoms with Crippen LogP contribution in [0.4, 0.5) is 11.4 Å². The molecule has 0 aromatic heterocycles. The second-order valence-corrected chi connectivity index (χ2v) is 3.44. The van der Waals surface area contributed by atoms with E-state index in [1.165, 1.54) is 7.11 Å². The Labute approximate surface area is 94.3 Å². The van der Waals surface area contributed by atoms with Gasteiger partial charge in [0.15, 0.2) is 0 Å². The molecule has 5 heteroatoms. The summed E-state index contributed by atoms with van der Waals surface area (Å²) in [6.07, 6.45) is 0. The Balaban J connectivity index is 2.82. The number of nitrogen functional groups attached to an aromatic ring is 2. The molecule has 0 radical (unpaired) electrons. The molecule has 1 rings (SSSR count). The van der Waals surface area contributed by atoms with Gasteiger partial charge in [-0.15, -0.1) is 0 Å². The molecule has 0 aliphatic heterocycles. The number of hydrogen-bond donors (Lipinski definition) is 2. The molecule has 1 aromatic carbocycles. The number of benzene rings is 1. The zero-order valence-corrected chi connectivity index (χ0v) is 9.45. The topological polar surface area (TPSA) is 87.6 Å². The molecule has 1 aromatic rings. The van der Waals surface area contributed by atoms with E-state index in [2.05, 4.69) is 0 Å². The molecule has 0 heterocycles. The number of anilines is 2. The Bertz CT molecular complexity index is 391. The zero-order chi connectivity index (χ0) is 12.1. The Morgan fingerprint density at radius 3 is 2.62 bits per heavy atom. The number of carbonyl (C=O) groups excluding carboxylic acids is 1. The van der Waals surface area contributed by atoms with E-state index in [4.69, 9.17) is 20.9 Å². The molecule has 0 fully saturated rings. The molecule has 0 amide bonds. The number of aryl methyl sites for hydroxylation is 1. The van der Waals surface area contributed by atoms with Gasteiger partial charge in [0.2, 0.25) is 0 Å². The first kappa shape index (κ1) is 12.3. The quantitative estimate of drug-likeness (QED) is 0.452. The first-order valence-corrected chi connectivity index (χ1v) is 4.88. The minimum atomic E-state index is -0.482. The molecule has 0 aliphatic carbocycles. The minimum Gasteiger partial charge on any atom is -0.460 e. The van der Waals surface area contributed by atoms with Gasteiger partial charge >= 0.3 is 5.97 Å². The van der Waals surface area contributed by atoms with Crippen LogP contribution in [0.5, 0.6) is 0 Å². The van der Waals surface area contributed by atoms with Crippen LogP contribution in [0.2, 0.25) is 0 Å². The van der Waals surface area contributed by atoms with Gasteiger partial charge in [-0.05, 0) is 24.6 Å². The van der Waals surface area contributed by atoms with Crippen LogP contribution in [0.1, 0.15) is 15.9 Å². The van der Waals surface area contributed by atoms with E-state index in [0.29, 0.717) is 17.9 Å². The number of rotatable bonds is 4. The van der Waals surface area contributed by atoms with Gasteiger partial charge < -0.3 is 20.9 Å². The molecule has 4 N–H and O–H groups in total. The maximum absolute atomic E-state index is 11.6. The van der Waals surface area contributed by atoms with Gasteiger partial charge in [0.1, 0.15) is 6.61 Å². The number of esters is 1. The normalized spacial score (nSPS) is 10.1. The summed E-state index contributed by atoms with van der Waals surface area (Å²) in [6.45, 7) is 2.39. The molecule has 0 bridgehead atoms. The first-order chi connectivity index (χ1) is 7.56. The molecular weight excluding hydrogens is 208 g/mol. The summed E-state index contributed by atoms with van der Waals surface area (Å²) in [4.78, 5) is 11.6. The second kappa shape index (κ2) is 5.37. The van der Waals surface area contributed by atoms with Crippen LogP contribution in [0.25, 0.3) is 0 Å². The third-order valence-corrected chi connectivity index (χ3v) is 2.10. The lowest BCUT2D eigenvalue weighted by Gasteiger charge is -2.09. The summed E-state index contributed by atoms with van der Waals surface area (Å²) in [7, 11) is 1.53. The highest BCUT2D eigenvalue weighted by Crippen LogP contribution is 2.22. The Kier molecular flexibility index (Phi) is 4.13. The van der Waals surface area contributed by atoms with Gasteiger partial charge in [0, 0.05) is 7.11 Å². The highest BCUT2D eigenvalue weighted by Gasteiger charge is 2.13. The lowest BCUT2D eigenvalue weighted by atomic mass is 10.1. The van der Waals surface area contributed by atoms with Crippen LogP contribution in [0.3, 0.4) is 0 Å². The Morgan fingerprint density at radius 2 is 2.00 bits per heavy atom. The van der Waals surface area contributed by atoms with Crippen LogP contribution in [0.15, 0.2) is 12.1 Å². The van der Waals surface area contributed by atoms with E-state index in [1.54, 1.807) is 12.1 Å². The molecule has 5 nitrogen and oxygen atoms in total. The highest BCUT2D eigenvalue weighted by atomic mass is 16.6. The summed E-state index contributed by atoms with van der Waals surface area (Å²) < 4.78 is 9.73. The Hall–Kier alpha value is -1.75. The average molecular weight is 224 g/mol. The molecular formula is C11H16N2O3. The van der Waals surface area contributed by atoms with Gasteiger partial charge in [-0.25, -0.2) is 4.79 Å². The van der Waals surface area contributed by atoms with Crippen molar-refractivity contribution in [1.82, 2.24) is 0 Å². The first-order valence-electron chi connectivity index (χ1n) is 4.88. The van der Waals surface area contributed by atoms with E-state index in [1.807, 2.05) is 6.92 Å². The lowest BCUT2D eigenvalue weighted by Crippen LogP contribution is -2.13. The molecule has 0 saturated carbocycles. The summed E-state index contributed by atoms with van der Waals surface area (Å²) in [5, 5.41) is 0. The molecule has 0 unspecified atom stereocenters. The van der Waals surface area contributed by atoms with Crippen LogP contribution >= 0.6 is 0 Å². The van der Waals surface area contributed by atoms with Crippen LogP contribution in [0, 0.1) is 6.92 Å². The van der Waals surface area contributed by atoms with Crippen molar-refractivity contribution in [3.05, 3.63) is 23.3 Å². The monoisotopic (exact) mass is 224 g/mol. The maximum atomic E-state index is 11.6. The third-order valence-electron chi connectivity index (χ3n) is 2.10. The van der Waals surface area contributed by atoms with Gasteiger partial charge in [0.05, 0.1) is 23.5 Å². The number of carbonyl (C=O) groups is 1. The number of methoxy groups -OCH3 is 1. The summed E-state index contributed by atoms with van der Waals surface area (Å²) in [5.74, 6) is -0.482. The predicted octanol–water partition coefficient (Wildman–Crippen LogP) is 0.963. The highest BCUT2D eigenvalue weighted by molar-refractivity contribution is 5.98. The molecule has 0 spiro atoms. The standard InChI is InChI=1S/C11H16N2O3/c1-7-5-8(10(13)9(12)6-7)11(14)16-4-3-15-2/h5-6H,3-4,12-13H2,1-2H3. The maximum Gasteiger partial charge on any atom is 0.340 e. The predicted molar refractivity (Wildman–Crippen MR) is 62.2 cm³/mol. The second-order valence-electron chi connectivity index (χ2n) is 3.44. The van der Waals surface area contributed by atoms with Gasteiger partial charge in [0.25, 0.3) is 0 Å². The minimum absolute atomic E-state index is 0.197. The molecule has 0 saturated heterocycles.